The molecule has 3 N–H and O–H groups in total. The predicted octanol–water partition coefficient (Wildman–Crippen LogP) is 1.07. The number of nitrogens with two attached hydrogens (primary N) is 1. The van der Waals surface area contributed by atoms with Crippen LogP contribution in [-0.4, -0.2) is 43.1 Å². The lowest BCUT2D eigenvalue weighted by molar-refractivity contribution is -0.147. The number of fused-ring (bicyclic) bond motifs is 1. The molecule has 1 aromatic carbocycles. The van der Waals surface area contributed by atoms with Crippen molar-refractivity contribution in [3.05, 3.63) is 59.4 Å². The van der Waals surface area contributed by atoms with Gasteiger partial charge in [-0.15, -0.1) is 0 Å². The third-order valence-electron chi connectivity index (χ3n) is 4.94. The van der Waals surface area contributed by atoms with E-state index in [-0.39, 0.29) is 12.5 Å². The van der Waals surface area contributed by atoms with Crippen LogP contribution in [0.5, 0.6) is 0 Å². The standard InChI is InChI=1S/C20H23NO6/c1-25-18(22)15-11-27-20(24)17-13(7-8-14(15)17)10-26-19(23)16(21)9-12-5-3-2-4-6-12/h2-7,11,14,16-17,20,24H,8-10,21H2,1H3/t14-,16+,17-,20-/m1/s1. The van der Waals surface area contributed by atoms with Crippen LogP contribution >= 0.6 is 0 Å². The first kappa shape index (κ1) is 19.1. The summed E-state index contributed by atoms with van der Waals surface area (Å²) in [5, 5.41) is 10.2. The normalized spacial score (nSPS) is 24.8. The Balaban J connectivity index is 1.58. The van der Waals surface area contributed by atoms with Crippen LogP contribution in [0.25, 0.3) is 0 Å². The number of carbonyl (C=O) groups is 2. The molecule has 1 aliphatic heterocycles. The lowest BCUT2D eigenvalue weighted by atomic mass is 9.83. The fourth-order valence-corrected chi connectivity index (χ4v) is 3.52. The molecule has 0 unspecified atom stereocenters. The molecule has 1 heterocycles. The van der Waals surface area contributed by atoms with Gasteiger partial charge < -0.3 is 25.1 Å². The lowest BCUT2D eigenvalue weighted by Gasteiger charge is -2.31. The molecule has 1 aromatic rings. The Hall–Kier alpha value is -2.64. The molecule has 0 spiro atoms. The summed E-state index contributed by atoms with van der Waals surface area (Å²) in [6.07, 6.45) is 2.92. The van der Waals surface area contributed by atoms with Crippen molar-refractivity contribution in [3.63, 3.8) is 0 Å². The van der Waals surface area contributed by atoms with E-state index in [1.165, 1.54) is 13.4 Å². The largest absolute Gasteiger partial charge is 0.472 e. The average molecular weight is 373 g/mol. The summed E-state index contributed by atoms with van der Waals surface area (Å²) in [5.41, 5.74) is 7.96. The predicted molar refractivity (Wildman–Crippen MR) is 96.0 cm³/mol. The van der Waals surface area contributed by atoms with Crippen molar-refractivity contribution in [3.8, 4) is 0 Å². The van der Waals surface area contributed by atoms with E-state index in [1.807, 2.05) is 36.4 Å². The van der Waals surface area contributed by atoms with E-state index in [4.69, 9.17) is 19.9 Å². The van der Waals surface area contributed by atoms with Gasteiger partial charge in [0.2, 0.25) is 6.29 Å². The summed E-state index contributed by atoms with van der Waals surface area (Å²) in [6.45, 7) is -0.00262. The molecule has 0 fully saturated rings. The van der Waals surface area contributed by atoms with E-state index in [2.05, 4.69) is 0 Å². The summed E-state index contributed by atoms with van der Waals surface area (Å²) in [7, 11) is 1.29. The van der Waals surface area contributed by atoms with Gasteiger partial charge in [0.15, 0.2) is 0 Å². The number of aliphatic hydroxyl groups is 1. The number of rotatable bonds is 6. The van der Waals surface area contributed by atoms with Gasteiger partial charge in [-0.05, 0) is 24.0 Å². The van der Waals surface area contributed by atoms with Crippen LogP contribution in [0.3, 0.4) is 0 Å². The molecule has 0 aromatic heterocycles. The highest BCUT2D eigenvalue weighted by molar-refractivity contribution is 5.89. The molecular weight excluding hydrogens is 350 g/mol. The Kier molecular flexibility index (Phi) is 5.93. The smallest absolute Gasteiger partial charge is 0.337 e. The van der Waals surface area contributed by atoms with E-state index >= 15 is 0 Å². The van der Waals surface area contributed by atoms with Gasteiger partial charge in [0.05, 0.1) is 24.9 Å². The van der Waals surface area contributed by atoms with Crippen LogP contribution in [0.2, 0.25) is 0 Å². The number of allylic oxidation sites excluding steroid dienone is 1. The second-order valence-corrected chi connectivity index (χ2v) is 6.64. The molecule has 0 saturated carbocycles. The van der Waals surface area contributed by atoms with Crippen LogP contribution in [0.15, 0.2) is 53.8 Å². The Labute approximate surface area is 157 Å². The van der Waals surface area contributed by atoms with Crippen molar-refractivity contribution in [2.45, 2.75) is 25.2 Å². The number of hydrogen-bond donors (Lipinski definition) is 2. The highest BCUT2D eigenvalue weighted by Crippen LogP contribution is 2.42. The van der Waals surface area contributed by atoms with Crippen molar-refractivity contribution >= 4 is 11.9 Å². The van der Waals surface area contributed by atoms with Crippen LogP contribution in [0.4, 0.5) is 0 Å². The van der Waals surface area contributed by atoms with E-state index in [1.54, 1.807) is 0 Å². The van der Waals surface area contributed by atoms with Crippen molar-refractivity contribution in [2.75, 3.05) is 13.7 Å². The van der Waals surface area contributed by atoms with Crippen molar-refractivity contribution in [1.82, 2.24) is 0 Å². The number of esters is 2. The van der Waals surface area contributed by atoms with Gasteiger partial charge in [-0.2, -0.15) is 0 Å². The Morgan fingerprint density at radius 3 is 2.78 bits per heavy atom. The van der Waals surface area contributed by atoms with E-state index < -0.39 is 30.2 Å². The minimum atomic E-state index is -1.10. The number of aliphatic hydroxyl groups excluding tert-OH is 1. The topological polar surface area (TPSA) is 108 Å². The van der Waals surface area contributed by atoms with Gasteiger partial charge in [-0.3, -0.25) is 4.79 Å². The van der Waals surface area contributed by atoms with Crippen molar-refractivity contribution < 1.29 is 28.9 Å². The molecule has 3 rings (SSSR count). The first-order valence-corrected chi connectivity index (χ1v) is 8.78. The number of hydrogen-bond acceptors (Lipinski definition) is 7. The van der Waals surface area contributed by atoms with Crippen LogP contribution in [-0.2, 0) is 30.2 Å². The molecule has 7 nitrogen and oxygen atoms in total. The molecule has 0 radical (unpaired) electrons. The molecule has 7 heteroatoms. The minimum Gasteiger partial charge on any atom is -0.472 e. The van der Waals surface area contributed by atoms with Crippen LogP contribution < -0.4 is 5.73 Å². The number of benzene rings is 1. The second kappa shape index (κ2) is 8.37. The number of ether oxygens (including phenoxy) is 3. The maximum Gasteiger partial charge on any atom is 0.337 e. The van der Waals surface area contributed by atoms with Crippen molar-refractivity contribution in [2.24, 2.45) is 17.6 Å². The summed E-state index contributed by atoms with van der Waals surface area (Å²) in [6, 6.07) is 8.68. The van der Waals surface area contributed by atoms with Gasteiger partial charge in [-0.1, -0.05) is 36.4 Å². The monoisotopic (exact) mass is 373 g/mol. The third-order valence-corrected chi connectivity index (χ3v) is 4.94. The molecule has 144 valence electrons. The maximum atomic E-state index is 12.2. The molecular formula is C20H23NO6. The zero-order valence-electron chi connectivity index (χ0n) is 15.0. The van der Waals surface area contributed by atoms with Gasteiger partial charge in [-0.25, -0.2) is 4.79 Å². The number of carbonyl (C=O) groups excluding carboxylic acids is 2. The first-order valence-electron chi connectivity index (χ1n) is 8.78. The van der Waals surface area contributed by atoms with E-state index in [0.29, 0.717) is 24.0 Å². The molecule has 27 heavy (non-hydrogen) atoms. The van der Waals surface area contributed by atoms with Crippen LogP contribution in [0.1, 0.15) is 12.0 Å². The minimum absolute atomic E-state index is 0.00262. The van der Waals surface area contributed by atoms with Crippen molar-refractivity contribution in [1.29, 1.82) is 0 Å². The van der Waals surface area contributed by atoms with Gasteiger partial charge in [0.1, 0.15) is 12.6 Å². The van der Waals surface area contributed by atoms with E-state index in [0.717, 1.165) is 5.56 Å². The SMILES string of the molecule is COC(=O)C1=CO[C@@H](O)[C@@H]2C(COC(=O)[C@@H](N)Cc3ccccc3)=CC[C@H]12. The van der Waals surface area contributed by atoms with E-state index in [9.17, 15) is 14.7 Å². The quantitative estimate of drug-likeness (QED) is 0.567. The lowest BCUT2D eigenvalue weighted by Crippen LogP contribution is -2.37. The average Bonchev–Trinajstić information content (AvgIpc) is 3.11. The Morgan fingerprint density at radius 2 is 2.07 bits per heavy atom. The molecule has 2 aliphatic rings. The summed E-state index contributed by atoms with van der Waals surface area (Å²) < 4.78 is 15.3. The summed E-state index contributed by atoms with van der Waals surface area (Å²) in [5.74, 6) is -1.72. The zero-order chi connectivity index (χ0) is 19.4. The summed E-state index contributed by atoms with van der Waals surface area (Å²) in [4.78, 5) is 24.1. The molecule has 1 aliphatic carbocycles. The fraction of sp³-hybridized carbons (Fsp3) is 0.400. The van der Waals surface area contributed by atoms with Gasteiger partial charge in [0.25, 0.3) is 0 Å². The fourth-order valence-electron chi connectivity index (χ4n) is 3.52. The zero-order valence-corrected chi connectivity index (χ0v) is 15.0. The highest BCUT2D eigenvalue weighted by Gasteiger charge is 2.43. The second-order valence-electron chi connectivity index (χ2n) is 6.64. The third kappa shape index (κ3) is 4.20. The highest BCUT2D eigenvalue weighted by atomic mass is 16.6. The maximum absolute atomic E-state index is 12.2. The van der Waals surface area contributed by atoms with Gasteiger partial charge >= 0.3 is 11.9 Å². The van der Waals surface area contributed by atoms with Crippen LogP contribution in [0, 0.1) is 11.8 Å². The molecule has 0 bridgehead atoms. The Morgan fingerprint density at radius 1 is 1.33 bits per heavy atom. The molecule has 0 saturated heterocycles. The van der Waals surface area contributed by atoms with Gasteiger partial charge in [0, 0.05) is 5.92 Å². The first-order chi connectivity index (χ1) is 13.0. The number of methoxy groups -OCH3 is 1. The molecule has 0 amide bonds. The summed E-state index contributed by atoms with van der Waals surface area (Å²) >= 11 is 0. The molecule has 4 atom stereocenters. The Bertz CT molecular complexity index is 757.